The standard InChI is InChI=1S/C15H23NO4S/c1-15(2)12-16(10-14(11-17)20-15)21(18,19)9-8-13-6-4-3-5-7-13/h3-7,14,17H,8-12H2,1-2H3. The SMILES string of the molecule is CC1(C)CN(S(=O)(=O)CCc2ccccc2)CC(CO)O1. The molecule has 1 fully saturated rings. The smallest absolute Gasteiger partial charge is 0.214 e. The number of aryl methyl sites for hydroxylation is 1. The highest BCUT2D eigenvalue weighted by atomic mass is 32.2. The lowest BCUT2D eigenvalue weighted by atomic mass is 10.1. The molecule has 21 heavy (non-hydrogen) atoms. The van der Waals surface area contributed by atoms with Crippen molar-refractivity contribution in [2.24, 2.45) is 0 Å². The highest BCUT2D eigenvalue weighted by Crippen LogP contribution is 2.23. The second-order valence-corrected chi connectivity index (χ2v) is 8.11. The van der Waals surface area contributed by atoms with Crippen LogP contribution in [0, 0.1) is 0 Å². The molecule has 0 spiro atoms. The fourth-order valence-electron chi connectivity index (χ4n) is 2.57. The summed E-state index contributed by atoms with van der Waals surface area (Å²) < 4.78 is 32.1. The third-order valence-corrected chi connectivity index (χ3v) is 5.32. The summed E-state index contributed by atoms with van der Waals surface area (Å²) in [6.45, 7) is 4.05. The van der Waals surface area contributed by atoms with Crippen molar-refractivity contribution in [1.29, 1.82) is 0 Å². The number of aliphatic hydroxyl groups excluding tert-OH is 1. The lowest BCUT2D eigenvalue weighted by Crippen LogP contribution is -2.56. The van der Waals surface area contributed by atoms with Crippen LogP contribution in [0.4, 0.5) is 0 Å². The van der Waals surface area contributed by atoms with Crippen molar-refractivity contribution in [1.82, 2.24) is 4.31 Å². The van der Waals surface area contributed by atoms with Crippen LogP contribution in [0.25, 0.3) is 0 Å². The summed E-state index contributed by atoms with van der Waals surface area (Å²) >= 11 is 0. The Labute approximate surface area is 126 Å². The predicted molar refractivity (Wildman–Crippen MR) is 81.5 cm³/mol. The predicted octanol–water partition coefficient (Wildman–Crippen LogP) is 1.03. The van der Waals surface area contributed by atoms with E-state index in [4.69, 9.17) is 4.74 Å². The molecule has 0 saturated carbocycles. The zero-order valence-electron chi connectivity index (χ0n) is 12.5. The lowest BCUT2D eigenvalue weighted by Gasteiger charge is -2.41. The van der Waals surface area contributed by atoms with E-state index in [0.717, 1.165) is 5.56 Å². The average molecular weight is 313 g/mol. The summed E-state index contributed by atoms with van der Waals surface area (Å²) in [4.78, 5) is 0. The molecule has 1 atom stereocenters. The molecular formula is C15H23NO4S. The van der Waals surface area contributed by atoms with E-state index in [-0.39, 0.29) is 18.9 Å². The Kier molecular flexibility index (Phi) is 5.03. The first-order valence-corrected chi connectivity index (χ1v) is 8.74. The first-order chi connectivity index (χ1) is 9.82. The van der Waals surface area contributed by atoms with Gasteiger partial charge in [-0.05, 0) is 25.8 Å². The van der Waals surface area contributed by atoms with Gasteiger partial charge in [0.2, 0.25) is 10.0 Å². The molecule has 0 radical (unpaired) electrons. The monoisotopic (exact) mass is 313 g/mol. The zero-order chi connectivity index (χ0) is 15.5. The van der Waals surface area contributed by atoms with Crippen LogP contribution in [0.2, 0.25) is 0 Å². The molecule has 1 heterocycles. The first kappa shape index (κ1) is 16.4. The number of hydrogen-bond donors (Lipinski definition) is 1. The van der Waals surface area contributed by atoms with Crippen LogP contribution in [0.5, 0.6) is 0 Å². The molecule has 0 aliphatic carbocycles. The maximum Gasteiger partial charge on any atom is 0.214 e. The molecule has 5 nitrogen and oxygen atoms in total. The number of ether oxygens (including phenoxy) is 1. The summed E-state index contributed by atoms with van der Waals surface area (Å²) in [7, 11) is -3.35. The van der Waals surface area contributed by atoms with E-state index in [1.165, 1.54) is 4.31 Å². The molecule has 2 rings (SSSR count). The second kappa shape index (κ2) is 6.44. The van der Waals surface area contributed by atoms with Gasteiger partial charge in [-0.3, -0.25) is 0 Å². The highest BCUT2D eigenvalue weighted by Gasteiger charge is 2.38. The van der Waals surface area contributed by atoms with Gasteiger partial charge in [-0.2, -0.15) is 4.31 Å². The Morgan fingerprint density at radius 2 is 2.00 bits per heavy atom. The Morgan fingerprint density at radius 1 is 1.33 bits per heavy atom. The molecule has 0 bridgehead atoms. The molecule has 1 N–H and O–H groups in total. The van der Waals surface area contributed by atoms with E-state index < -0.39 is 21.7 Å². The van der Waals surface area contributed by atoms with Crippen molar-refractivity contribution < 1.29 is 18.3 Å². The number of sulfonamides is 1. The van der Waals surface area contributed by atoms with Crippen LogP contribution in [0.15, 0.2) is 30.3 Å². The van der Waals surface area contributed by atoms with E-state index in [0.29, 0.717) is 13.0 Å². The van der Waals surface area contributed by atoms with Crippen molar-refractivity contribution in [2.45, 2.75) is 32.0 Å². The number of rotatable bonds is 5. The molecule has 1 aliphatic rings. The van der Waals surface area contributed by atoms with Gasteiger partial charge in [-0.25, -0.2) is 8.42 Å². The number of morpholine rings is 1. The number of hydrogen-bond acceptors (Lipinski definition) is 4. The Hall–Kier alpha value is -0.950. The van der Waals surface area contributed by atoms with E-state index in [1.807, 2.05) is 44.2 Å². The summed E-state index contributed by atoms with van der Waals surface area (Å²) in [5, 5.41) is 9.27. The third-order valence-electron chi connectivity index (χ3n) is 3.54. The molecule has 1 aromatic carbocycles. The van der Waals surface area contributed by atoms with Crippen LogP contribution >= 0.6 is 0 Å². The molecule has 118 valence electrons. The van der Waals surface area contributed by atoms with Gasteiger partial charge in [0, 0.05) is 13.1 Å². The van der Waals surface area contributed by atoms with Gasteiger partial charge in [-0.1, -0.05) is 30.3 Å². The van der Waals surface area contributed by atoms with Gasteiger partial charge in [0.1, 0.15) is 0 Å². The van der Waals surface area contributed by atoms with Gasteiger partial charge in [0.05, 0.1) is 24.1 Å². The minimum Gasteiger partial charge on any atom is -0.394 e. The maximum absolute atomic E-state index is 12.5. The first-order valence-electron chi connectivity index (χ1n) is 7.13. The van der Waals surface area contributed by atoms with Crippen molar-refractivity contribution in [3.8, 4) is 0 Å². The van der Waals surface area contributed by atoms with Gasteiger partial charge in [0.15, 0.2) is 0 Å². The third kappa shape index (κ3) is 4.51. The quantitative estimate of drug-likeness (QED) is 0.882. The minimum atomic E-state index is -3.35. The van der Waals surface area contributed by atoms with Crippen molar-refractivity contribution in [3.63, 3.8) is 0 Å². The van der Waals surface area contributed by atoms with Crippen molar-refractivity contribution >= 4 is 10.0 Å². The summed E-state index contributed by atoms with van der Waals surface area (Å²) in [6, 6.07) is 9.57. The molecule has 6 heteroatoms. The Balaban J connectivity index is 2.04. The largest absolute Gasteiger partial charge is 0.394 e. The second-order valence-electron chi connectivity index (χ2n) is 6.03. The summed E-state index contributed by atoms with van der Waals surface area (Å²) in [5.74, 6) is 0.0746. The molecule has 1 aliphatic heterocycles. The Bertz CT molecular complexity index is 556. The summed E-state index contributed by atoms with van der Waals surface area (Å²) in [5.41, 5.74) is 0.429. The van der Waals surface area contributed by atoms with E-state index in [9.17, 15) is 13.5 Å². The van der Waals surface area contributed by atoms with Crippen LogP contribution in [0.3, 0.4) is 0 Å². The van der Waals surface area contributed by atoms with E-state index in [2.05, 4.69) is 0 Å². The lowest BCUT2D eigenvalue weighted by molar-refractivity contribution is -0.131. The van der Waals surface area contributed by atoms with Crippen LogP contribution < -0.4 is 0 Å². The van der Waals surface area contributed by atoms with Crippen molar-refractivity contribution in [3.05, 3.63) is 35.9 Å². The van der Waals surface area contributed by atoms with E-state index in [1.54, 1.807) is 0 Å². The summed E-state index contributed by atoms with van der Waals surface area (Å²) in [6.07, 6.45) is 0.0327. The number of aliphatic hydroxyl groups is 1. The fraction of sp³-hybridized carbons (Fsp3) is 0.600. The Morgan fingerprint density at radius 3 is 2.62 bits per heavy atom. The number of nitrogens with zero attached hydrogens (tertiary/aromatic N) is 1. The van der Waals surface area contributed by atoms with Crippen molar-refractivity contribution in [2.75, 3.05) is 25.4 Å². The average Bonchev–Trinajstić information content (AvgIpc) is 2.44. The fourth-order valence-corrected chi connectivity index (χ4v) is 4.22. The normalized spacial score (nSPS) is 23.1. The molecular weight excluding hydrogens is 290 g/mol. The molecule has 0 amide bonds. The van der Waals surface area contributed by atoms with E-state index >= 15 is 0 Å². The van der Waals surface area contributed by atoms with Gasteiger partial charge >= 0.3 is 0 Å². The molecule has 1 unspecified atom stereocenters. The van der Waals surface area contributed by atoms with Crippen LogP contribution in [0.1, 0.15) is 19.4 Å². The zero-order valence-corrected chi connectivity index (χ0v) is 13.3. The molecule has 1 aromatic rings. The maximum atomic E-state index is 12.5. The topological polar surface area (TPSA) is 66.8 Å². The van der Waals surface area contributed by atoms with Gasteiger partial charge in [-0.15, -0.1) is 0 Å². The highest BCUT2D eigenvalue weighted by molar-refractivity contribution is 7.89. The minimum absolute atomic E-state index is 0.0746. The van der Waals surface area contributed by atoms with Crippen LogP contribution in [-0.2, 0) is 21.2 Å². The molecule has 0 aromatic heterocycles. The number of benzene rings is 1. The van der Waals surface area contributed by atoms with Gasteiger partial charge in [0.25, 0.3) is 0 Å². The van der Waals surface area contributed by atoms with Crippen LogP contribution in [-0.4, -0.2) is 55.0 Å². The molecule has 1 saturated heterocycles. The van der Waals surface area contributed by atoms with Gasteiger partial charge < -0.3 is 9.84 Å².